The number of hydrogen-bond donors (Lipinski definition) is 2. The molecule has 1 aromatic rings. The Kier molecular flexibility index (Phi) is 12.8. The quantitative estimate of drug-likeness (QED) is 0.206. The minimum atomic E-state index is 0. The molecule has 176 valence electrons. The zero-order valence-electron chi connectivity index (χ0n) is 19.6. The molecule has 0 saturated carbocycles. The number of likely N-dealkylation sites (N-methyl/N-ethyl adjacent to an activating group) is 1. The average Bonchev–Trinajstić information content (AvgIpc) is 3.30. The third-order valence-electron chi connectivity index (χ3n) is 6.32. The van der Waals surface area contributed by atoms with Gasteiger partial charge < -0.3 is 20.4 Å². The van der Waals surface area contributed by atoms with Crippen LogP contribution in [0.15, 0.2) is 35.3 Å². The van der Waals surface area contributed by atoms with Crippen molar-refractivity contribution in [1.29, 1.82) is 0 Å². The highest BCUT2D eigenvalue weighted by atomic mass is 127. The molecule has 2 aliphatic rings. The van der Waals surface area contributed by atoms with Crippen LogP contribution in [-0.4, -0.2) is 93.2 Å². The van der Waals surface area contributed by atoms with Crippen LogP contribution in [0, 0.1) is 0 Å². The summed E-state index contributed by atoms with van der Waals surface area (Å²) in [5.74, 6) is 0.956. The molecular formula is C24H43IN6. The zero-order valence-corrected chi connectivity index (χ0v) is 21.9. The molecule has 6 nitrogen and oxygen atoms in total. The van der Waals surface area contributed by atoms with Gasteiger partial charge >= 0.3 is 0 Å². The number of hydrogen-bond acceptors (Lipinski definition) is 4. The van der Waals surface area contributed by atoms with Gasteiger partial charge in [0.1, 0.15) is 0 Å². The molecule has 0 aliphatic carbocycles. The fraction of sp³-hybridized carbons (Fsp3) is 0.708. The van der Waals surface area contributed by atoms with Gasteiger partial charge in [-0.1, -0.05) is 30.3 Å². The fourth-order valence-corrected chi connectivity index (χ4v) is 4.42. The van der Waals surface area contributed by atoms with Crippen molar-refractivity contribution in [3.8, 4) is 0 Å². The molecule has 3 rings (SSSR count). The fourth-order valence-electron chi connectivity index (χ4n) is 4.42. The van der Waals surface area contributed by atoms with Crippen LogP contribution in [0.2, 0.25) is 0 Å². The first-order valence-corrected chi connectivity index (χ1v) is 12.0. The summed E-state index contributed by atoms with van der Waals surface area (Å²) in [5, 5.41) is 6.99. The average molecular weight is 543 g/mol. The highest BCUT2D eigenvalue weighted by Gasteiger charge is 2.23. The number of unbranched alkanes of at least 4 members (excludes halogenated alkanes) is 1. The standard InChI is InChI=1S/C24H42N6.HI/c1-3-25-24(26-13-7-8-14-29-19-17-28(2)18-20-29)27-21-23(30-15-9-10-16-30)22-11-5-4-6-12-22;/h4-6,11-12,23H,3,7-10,13-21H2,1-2H3,(H2,25,26,27);1H. The lowest BCUT2D eigenvalue weighted by Gasteiger charge is -2.32. The SMILES string of the molecule is CCNC(=NCC(c1ccccc1)N1CCCC1)NCCCCN1CCN(C)CC1.I. The summed E-state index contributed by atoms with van der Waals surface area (Å²) in [6.45, 7) is 13.2. The third-order valence-corrected chi connectivity index (χ3v) is 6.32. The van der Waals surface area contributed by atoms with E-state index in [4.69, 9.17) is 4.99 Å². The number of guanidine groups is 1. The highest BCUT2D eigenvalue weighted by Crippen LogP contribution is 2.25. The van der Waals surface area contributed by atoms with Crippen molar-refractivity contribution in [3.05, 3.63) is 35.9 Å². The maximum atomic E-state index is 4.97. The van der Waals surface area contributed by atoms with Gasteiger partial charge in [0.15, 0.2) is 5.96 Å². The summed E-state index contributed by atoms with van der Waals surface area (Å²) in [7, 11) is 2.22. The molecule has 0 aromatic heterocycles. The maximum Gasteiger partial charge on any atom is 0.191 e. The Balaban J connectivity index is 0.00000341. The van der Waals surface area contributed by atoms with Gasteiger partial charge in [0.2, 0.25) is 0 Å². The van der Waals surface area contributed by atoms with Crippen molar-refractivity contribution in [1.82, 2.24) is 25.3 Å². The summed E-state index contributed by atoms with van der Waals surface area (Å²) in [6, 6.07) is 11.3. The molecule has 2 aliphatic heterocycles. The third kappa shape index (κ3) is 9.24. The molecule has 2 heterocycles. The van der Waals surface area contributed by atoms with Crippen LogP contribution in [0.5, 0.6) is 0 Å². The number of halogens is 1. The molecule has 7 heteroatoms. The second-order valence-corrected chi connectivity index (χ2v) is 8.67. The zero-order chi connectivity index (χ0) is 21.0. The van der Waals surface area contributed by atoms with E-state index in [-0.39, 0.29) is 24.0 Å². The van der Waals surface area contributed by atoms with Gasteiger partial charge in [-0.2, -0.15) is 0 Å². The van der Waals surface area contributed by atoms with Gasteiger partial charge in [0.25, 0.3) is 0 Å². The Morgan fingerprint density at radius 3 is 2.35 bits per heavy atom. The van der Waals surface area contributed by atoms with Gasteiger partial charge in [0, 0.05) is 39.3 Å². The molecular weight excluding hydrogens is 499 g/mol. The number of aliphatic imine (C=N–C) groups is 1. The summed E-state index contributed by atoms with van der Waals surface area (Å²) in [5.41, 5.74) is 1.38. The number of nitrogens with zero attached hydrogens (tertiary/aromatic N) is 4. The van der Waals surface area contributed by atoms with Gasteiger partial charge in [-0.3, -0.25) is 9.89 Å². The Hall–Kier alpha value is -0.900. The molecule has 2 N–H and O–H groups in total. The van der Waals surface area contributed by atoms with Crippen LogP contribution in [0.25, 0.3) is 0 Å². The number of nitrogens with one attached hydrogen (secondary N) is 2. The lowest BCUT2D eigenvalue weighted by molar-refractivity contribution is 0.152. The summed E-state index contributed by atoms with van der Waals surface area (Å²) >= 11 is 0. The van der Waals surface area contributed by atoms with Crippen molar-refractivity contribution >= 4 is 29.9 Å². The molecule has 0 bridgehead atoms. The molecule has 1 atom stereocenters. The lowest BCUT2D eigenvalue weighted by Crippen LogP contribution is -2.44. The predicted octanol–water partition coefficient (Wildman–Crippen LogP) is 3.02. The predicted molar refractivity (Wildman–Crippen MR) is 143 cm³/mol. The van der Waals surface area contributed by atoms with E-state index in [1.54, 1.807) is 0 Å². The van der Waals surface area contributed by atoms with Gasteiger partial charge in [-0.05, 0) is 64.9 Å². The topological polar surface area (TPSA) is 46.1 Å². The van der Waals surface area contributed by atoms with E-state index in [1.165, 1.54) is 77.1 Å². The molecule has 2 fully saturated rings. The smallest absolute Gasteiger partial charge is 0.191 e. The Bertz CT molecular complexity index is 612. The number of piperazine rings is 1. The van der Waals surface area contributed by atoms with Crippen LogP contribution in [0.3, 0.4) is 0 Å². The monoisotopic (exact) mass is 542 g/mol. The molecule has 0 radical (unpaired) electrons. The largest absolute Gasteiger partial charge is 0.357 e. The van der Waals surface area contributed by atoms with Gasteiger partial charge in [-0.25, -0.2) is 0 Å². The highest BCUT2D eigenvalue weighted by molar-refractivity contribution is 14.0. The van der Waals surface area contributed by atoms with E-state index in [2.05, 4.69) is 69.6 Å². The van der Waals surface area contributed by atoms with Crippen molar-refractivity contribution in [2.24, 2.45) is 4.99 Å². The second kappa shape index (κ2) is 15.0. The second-order valence-electron chi connectivity index (χ2n) is 8.67. The minimum Gasteiger partial charge on any atom is -0.357 e. The van der Waals surface area contributed by atoms with Crippen molar-refractivity contribution in [2.75, 3.05) is 72.5 Å². The number of benzene rings is 1. The normalized spacial score (nSPS) is 19.7. The van der Waals surface area contributed by atoms with Crippen LogP contribution < -0.4 is 10.6 Å². The molecule has 0 spiro atoms. The van der Waals surface area contributed by atoms with E-state index in [0.717, 1.165) is 25.6 Å². The van der Waals surface area contributed by atoms with Crippen LogP contribution >= 0.6 is 24.0 Å². The van der Waals surface area contributed by atoms with E-state index in [1.807, 2.05) is 0 Å². The number of rotatable bonds is 10. The van der Waals surface area contributed by atoms with E-state index >= 15 is 0 Å². The maximum absolute atomic E-state index is 4.97. The number of likely N-dealkylation sites (tertiary alicyclic amines) is 1. The Morgan fingerprint density at radius 1 is 0.968 bits per heavy atom. The van der Waals surface area contributed by atoms with Crippen LogP contribution in [0.4, 0.5) is 0 Å². The first kappa shape index (κ1) is 26.4. The minimum absolute atomic E-state index is 0. The van der Waals surface area contributed by atoms with Gasteiger partial charge in [-0.15, -0.1) is 24.0 Å². The summed E-state index contributed by atoms with van der Waals surface area (Å²) in [6.07, 6.45) is 5.04. The molecule has 1 unspecified atom stereocenters. The summed E-state index contributed by atoms with van der Waals surface area (Å²) in [4.78, 5) is 12.6. The first-order chi connectivity index (χ1) is 14.8. The van der Waals surface area contributed by atoms with Crippen LogP contribution in [0.1, 0.15) is 44.2 Å². The van der Waals surface area contributed by atoms with Crippen molar-refractivity contribution in [2.45, 2.75) is 38.6 Å². The van der Waals surface area contributed by atoms with Crippen molar-refractivity contribution in [3.63, 3.8) is 0 Å². The van der Waals surface area contributed by atoms with Gasteiger partial charge in [0.05, 0.1) is 12.6 Å². The van der Waals surface area contributed by atoms with E-state index in [9.17, 15) is 0 Å². The Morgan fingerprint density at radius 2 is 1.68 bits per heavy atom. The first-order valence-electron chi connectivity index (χ1n) is 12.0. The van der Waals surface area contributed by atoms with E-state index < -0.39 is 0 Å². The summed E-state index contributed by atoms with van der Waals surface area (Å²) < 4.78 is 0. The molecule has 2 saturated heterocycles. The van der Waals surface area contributed by atoms with Crippen LogP contribution in [-0.2, 0) is 0 Å². The van der Waals surface area contributed by atoms with Crippen molar-refractivity contribution < 1.29 is 0 Å². The lowest BCUT2D eigenvalue weighted by atomic mass is 10.1. The molecule has 1 aromatic carbocycles. The Labute approximate surface area is 206 Å². The molecule has 31 heavy (non-hydrogen) atoms. The van der Waals surface area contributed by atoms with E-state index in [0.29, 0.717) is 6.04 Å². The molecule has 0 amide bonds.